The number of halogens is 2. The summed E-state index contributed by atoms with van der Waals surface area (Å²) in [4.78, 5) is 0. The van der Waals surface area contributed by atoms with E-state index in [4.69, 9.17) is 0 Å². The summed E-state index contributed by atoms with van der Waals surface area (Å²) in [7, 11) is 1.99. The van der Waals surface area contributed by atoms with Gasteiger partial charge in [0, 0.05) is 0 Å². The van der Waals surface area contributed by atoms with Crippen molar-refractivity contribution in [1.82, 2.24) is 10.6 Å². The van der Waals surface area contributed by atoms with E-state index >= 15 is 0 Å². The number of hydrogen-bond donors (Lipinski definition) is 2. The molecular formula is C12H22Cl2N2. The largest absolute Gasteiger partial charge is 0.320 e. The molecule has 0 saturated carbocycles. The summed E-state index contributed by atoms with van der Waals surface area (Å²) >= 11 is 0. The van der Waals surface area contributed by atoms with Gasteiger partial charge in [0.05, 0.1) is 0 Å². The minimum atomic E-state index is 0. The van der Waals surface area contributed by atoms with Gasteiger partial charge in [-0.05, 0) is 45.1 Å². The van der Waals surface area contributed by atoms with E-state index in [1.807, 2.05) is 7.05 Å². The predicted octanol–water partition coefficient (Wildman–Crippen LogP) is 2.27. The van der Waals surface area contributed by atoms with Gasteiger partial charge in [-0.3, -0.25) is 0 Å². The SMILES string of the molecule is CNCCCNCCc1ccccc1.Cl.Cl. The third kappa shape index (κ3) is 8.98. The highest BCUT2D eigenvalue weighted by atomic mass is 35.5. The molecule has 0 aliphatic heterocycles. The lowest BCUT2D eigenvalue weighted by molar-refractivity contribution is 0.625. The summed E-state index contributed by atoms with van der Waals surface area (Å²) in [5, 5.41) is 6.56. The summed E-state index contributed by atoms with van der Waals surface area (Å²) in [6, 6.07) is 10.6. The van der Waals surface area contributed by atoms with Crippen LogP contribution in [0.3, 0.4) is 0 Å². The molecule has 2 N–H and O–H groups in total. The number of hydrogen-bond acceptors (Lipinski definition) is 2. The quantitative estimate of drug-likeness (QED) is 0.739. The number of nitrogens with one attached hydrogen (secondary N) is 2. The molecule has 94 valence electrons. The van der Waals surface area contributed by atoms with Crippen LogP contribution in [0.1, 0.15) is 12.0 Å². The van der Waals surface area contributed by atoms with Crippen LogP contribution < -0.4 is 10.6 Å². The fourth-order valence-electron chi connectivity index (χ4n) is 1.39. The van der Waals surface area contributed by atoms with Crippen molar-refractivity contribution in [3.05, 3.63) is 35.9 Å². The first kappa shape index (κ1) is 18.1. The highest BCUT2D eigenvalue weighted by Crippen LogP contribution is 1.97. The van der Waals surface area contributed by atoms with E-state index in [0.29, 0.717) is 0 Å². The van der Waals surface area contributed by atoms with Crippen LogP contribution in [-0.2, 0) is 6.42 Å². The molecule has 0 fully saturated rings. The summed E-state index contributed by atoms with van der Waals surface area (Å²) in [5.41, 5.74) is 1.41. The van der Waals surface area contributed by atoms with Gasteiger partial charge in [0.25, 0.3) is 0 Å². The van der Waals surface area contributed by atoms with Crippen LogP contribution in [0.15, 0.2) is 30.3 Å². The summed E-state index contributed by atoms with van der Waals surface area (Å²) in [6.45, 7) is 3.28. The standard InChI is InChI=1S/C12H20N2.2ClH/c1-13-9-5-10-14-11-8-12-6-3-2-4-7-12;;/h2-4,6-7,13-14H,5,8-11H2,1H3;2*1H. The third-order valence-electron chi connectivity index (χ3n) is 2.21. The Hall–Kier alpha value is -0.280. The van der Waals surface area contributed by atoms with Gasteiger partial charge in [0.15, 0.2) is 0 Å². The number of rotatable bonds is 7. The number of benzene rings is 1. The first-order valence-corrected chi connectivity index (χ1v) is 5.32. The van der Waals surface area contributed by atoms with Crippen LogP contribution in [0.2, 0.25) is 0 Å². The predicted molar refractivity (Wildman–Crippen MR) is 76.1 cm³/mol. The third-order valence-corrected chi connectivity index (χ3v) is 2.21. The van der Waals surface area contributed by atoms with E-state index in [9.17, 15) is 0 Å². The minimum absolute atomic E-state index is 0. The lowest BCUT2D eigenvalue weighted by Gasteiger charge is -2.04. The topological polar surface area (TPSA) is 24.1 Å². The molecule has 0 spiro atoms. The Labute approximate surface area is 111 Å². The Kier molecular flexibility index (Phi) is 14.5. The van der Waals surface area contributed by atoms with Gasteiger partial charge in [0.1, 0.15) is 0 Å². The second kappa shape index (κ2) is 12.8. The molecule has 0 aliphatic carbocycles. The molecule has 4 heteroatoms. The van der Waals surface area contributed by atoms with Crippen LogP contribution in [0.4, 0.5) is 0 Å². The summed E-state index contributed by atoms with van der Waals surface area (Å²) in [6.07, 6.45) is 2.33. The van der Waals surface area contributed by atoms with Crippen LogP contribution in [0, 0.1) is 0 Å². The van der Waals surface area contributed by atoms with Gasteiger partial charge < -0.3 is 10.6 Å². The Morgan fingerprint density at radius 3 is 2.25 bits per heavy atom. The Morgan fingerprint density at radius 1 is 0.938 bits per heavy atom. The van der Waals surface area contributed by atoms with Crippen molar-refractivity contribution in [2.45, 2.75) is 12.8 Å². The molecule has 0 amide bonds. The summed E-state index contributed by atoms with van der Waals surface area (Å²) in [5.74, 6) is 0. The van der Waals surface area contributed by atoms with Gasteiger partial charge >= 0.3 is 0 Å². The van der Waals surface area contributed by atoms with Crippen LogP contribution in [0.5, 0.6) is 0 Å². The maximum absolute atomic E-state index is 3.43. The molecule has 16 heavy (non-hydrogen) atoms. The molecule has 1 aromatic carbocycles. The summed E-state index contributed by atoms with van der Waals surface area (Å²) < 4.78 is 0. The molecule has 1 aromatic rings. The second-order valence-corrected chi connectivity index (χ2v) is 3.44. The fraction of sp³-hybridized carbons (Fsp3) is 0.500. The average molecular weight is 265 g/mol. The van der Waals surface area contributed by atoms with Gasteiger partial charge in [-0.1, -0.05) is 30.3 Å². The van der Waals surface area contributed by atoms with E-state index in [-0.39, 0.29) is 24.8 Å². The Balaban J connectivity index is 0. The van der Waals surface area contributed by atoms with Gasteiger partial charge in [-0.25, -0.2) is 0 Å². The Bertz CT molecular complexity index is 230. The van der Waals surface area contributed by atoms with Crippen molar-refractivity contribution >= 4 is 24.8 Å². The lowest BCUT2D eigenvalue weighted by Crippen LogP contribution is -2.21. The molecule has 0 heterocycles. The smallest absolute Gasteiger partial charge is 0.000834 e. The van der Waals surface area contributed by atoms with E-state index in [0.717, 1.165) is 26.1 Å². The zero-order valence-electron chi connectivity index (χ0n) is 9.74. The maximum Gasteiger partial charge on any atom is -0.000834 e. The maximum atomic E-state index is 3.43. The van der Waals surface area contributed by atoms with Crippen molar-refractivity contribution in [3.63, 3.8) is 0 Å². The van der Waals surface area contributed by atoms with Crippen LogP contribution in [-0.4, -0.2) is 26.7 Å². The first-order valence-electron chi connectivity index (χ1n) is 5.32. The van der Waals surface area contributed by atoms with Crippen molar-refractivity contribution in [2.75, 3.05) is 26.7 Å². The highest BCUT2D eigenvalue weighted by Gasteiger charge is 1.90. The molecule has 0 radical (unpaired) electrons. The van der Waals surface area contributed by atoms with Crippen LogP contribution >= 0.6 is 24.8 Å². The van der Waals surface area contributed by atoms with E-state index in [2.05, 4.69) is 41.0 Å². The molecule has 0 atom stereocenters. The molecule has 0 saturated heterocycles. The monoisotopic (exact) mass is 264 g/mol. The fourth-order valence-corrected chi connectivity index (χ4v) is 1.39. The minimum Gasteiger partial charge on any atom is -0.320 e. The first-order chi connectivity index (χ1) is 6.93. The molecule has 2 nitrogen and oxygen atoms in total. The van der Waals surface area contributed by atoms with E-state index in [1.54, 1.807) is 0 Å². The molecule has 0 unspecified atom stereocenters. The van der Waals surface area contributed by atoms with Crippen LogP contribution in [0.25, 0.3) is 0 Å². The van der Waals surface area contributed by atoms with Crippen molar-refractivity contribution in [1.29, 1.82) is 0 Å². The van der Waals surface area contributed by atoms with Gasteiger partial charge in [-0.15, -0.1) is 24.8 Å². The normalized spacial score (nSPS) is 9.06. The zero-order chi connectivity index (χ0) is 10.1. The van der Waals surface area contributed by atoms with Crippen molar-refractivity contribution in [2.24, 2.45) is 0 Å². The Morgan fingerprint density at radius 2 is 1.62 bits per heavy atom. The molecule has 0 aromatic heterocycles. The van der Waals surface area contributed by atoms with Crippen molar-refractivity contribution < 1.29 is 0 Å². The van der Waals surface area contributed by atoms with E-state index < -0.39 is 0 Å². The average Bonchev–Trinajstić information content (AvgIpc) is 2.25. The highest BCUT2D eigenvalue weighted by molar-refractivity contribution is 5.85. The second-order valence-electron chi connectivity index (χ2n) is 3.44. The zero-order valence-corrected chi connectivity index (χ0v) is 11.4. The van der Waals surface area contributed by atoms with E-state index in [1.165, 1.54) is 12.0 Å². The molecule has 0 aliphatic rings. The molecular weight excluding hydrogens is 243 g/mol. The lowest BCUT2D eigenvalue weighted by atomic mass is 10.1. The van der Waals surface area contributed by atoms with Crippen molar-refractivity contribution in [3.8, 4) is 0 Å². The molecule has 0 bridgehead atoms. The molecule has 1 rings (SSSR count). The van der Waals surface area contributed by atoms with Gasteiger partial charge in [-0.2, -0.15) is 0 Å². The van der Waals surface area contributed by atoms with Gasteiger partial charge in [0.2, 0.25) is 0 Å².